The van der Waals surface area contributed by atoms with E-state index in [0.717, 1.165) is 25.2 Å². The van der Waals surface area contributed by atoms with Crippen molar-refractivity contribution in [2.45, 2.75) is 45.6 Å². The molecule has 1 N–H and O–H groups in total. The highest BCUT2D eigenvalue weighted by molar-refractivity contribution is 5.97. The normalized spacial score (nSPS) is 16.6. The van der Waals surface area contributed by atoms with Crippen LogP contribution in [0.5, 0.6) is 0 Å². The van der Waals surface area contributed by atoms with Crippen LogP contribution in [0.3, 0.4) is 0 Å². The van der Waals surface area contributed by atoms with Gasteiger partial charge in [0.2, 0.25) is 0 Å². The van der Waals surface area contributed by atoms with E-state index in [1.54, 1.807) is 0 Å². The third-order valence-corrected chi connectivity index (χ3v) is 4.40. The molecule has 0 saturated carbocycles. The second kappa shape index (κ2) is 11.5. The van der Waals surface area contributed by atoms with E-state index in [1.807, 2.05) is 31.2 Å². The van der Waals surface area contributed by atoms with Gasteiger partial charge in [-0.1, -0.05) is 43.2 Å². The Labute approximate surface area is 159 Å². The minimum Gasteiger partial charge on any atom is -0.550 e. The predicted octanol–water partition coefficient (Wildman–Crippen LogP) is -0.463. The number of aliphatic hydroxyl groups is 1. The van der Waals surface area contributed by atoms with Gasteiger partial charge in [0, 0.05) is 30.4 Å². The van der Waals surface area contributed by atoms with Gasteiger partial charge < -0.3 is 29.8 Å². The number of carbonyl (C=O) groups is 3. The van der Waals surface area contributed by atoms with E-state index >= 15 is 0 Å². The molecule has 0 aromatic heterocycles. The molecule has 0 radical (unpaired) electrons. The van der Waals surface area contributed by atoms with Crippen molar-refractivity contribution in [1.82, 2.24) is 4.90 Å². The highest BCUT2D eigenvalue weighted by Gasteiger charge is 2.19. The van der Waals surface area contributed by atoms with Gasteiger partial charge in [-0.05, 0) is 32.9 Å². The van der Waals surface area contributed by atoms with Crippen molar-refractivity contribution in [2.75, 3.05) is 19.6 Å². The van der Waals surface area contributed by atoms with E-state index in [4.69, 9.17) is 5.11 Å². The zero-order valence-electron chi connectivity index (χ0n) is 15.8. The Morgan fingerprint density at radius 1 is 1.07 bits per heavy atom. The van der Waals surface area contributed by atoms with Gasteiger partial charge in [-0.15, -0.1) is 0 Å². The minimum absolute atomic E-state index is 0.103. The van der Waals surface area contributed by atoms with E-state index in [0.29, 0.717) is 0 Å². The van der Waals surface area contributed by atoms with Crippen LogP contribution in [0.2, 0.25) is 0 Å². The fourth-order valence-corrected chi connectivity index (χ4v) is 2.86. The van der Waals surface area contributed by atoms with Crippen molar-refractivity contribution in [1.29, 1.82) is 0 Å². The van der Waals surface area contributed by atoms with E-state index in [2.05, 4.69) is 11.8 Å². The van der Waals surface area contributed by atoms with E-state index in [9.17, 15) is 24.6 Å². The summed E-state index contributed by atoms with van der Waals surface area (Å²) in [7, 11) is 0. The summed E-state index contributed by atoms with van der Waals surface area (Å²) in [5.74, 6) is -3.04. The number of piperidine rings is 1. The average molecular weight is 377 g/mol. The largest absolute Gasteiger partial charge is 0.550 e. The number of aliphatic hydroxyl groups excluding tert-OH is 1. The second-order valence-corrected chi connectivity index (χ2v) is 6.90. The van der Waals surface area contributed by atoms with Gasteiger partial charge in [0.25, 0.3) is 0 Å². The molecule has 27 heavy (non-hydrogen) atoms. The maximum atomic E-state index is 12.3. The van der Waals surface area contributed by atoms with Crippen molar-refractivity contribution >= 4 is 17.7 Å². The zero-order valence-corrected chi connectivity index (χ0v) is 15.8. The number of carboxylic acids is 2. The molecule has 7 heteroatoms. The molecule has 1 aromatic carbocycles. The van der Waals surface area contributed by atoms with E-state index in [1.165, 1.54) is 24.8 Å². The summed E-state index contributed by atoms with van der Waals surface area (Å²) in [6, 6.07) is 7.93. The van der Waals surface area contributed by atoms with Gasteiger partial charge in [0.05, 0.1) is 12.1 Å². The molecule has 2 atom stereocenters. The molecule has 2 rings (SSSR count). The van der Waals surface area contributed by atoms with Gasteiger partial charge in [0.15, 0.2) is 5.78 Å². The maximum Gasteiger partial charge on any atom is 0.166 e. The highest BCUT2D eigenvalue weighted by atomic mass is 16.4. The Morgan fingerprint density at radius 2 is 1.63 bits per heavy atom. The summed E-state index contributed by atoms with van der Waals surface area (Å²) in [4.78, 5) is 33.9. The first-order chi connectivity index (χ1) is 12.7. The number of aliphatic carboxylic acids is 2. The van der Waals surface area contributed by atoms with Gasteiger partial charge in [-0.2, -0.15) is 0 Å². The lowest BCUT2D eigenvalue weighted by Gasteiger charge is -2.28. The van der Waals surface area contributed by atoms with Crippen molar-refractivity contribution < 1.29 is 29.7 Å². The Bertz CT molecular complexity index is 622. The van der Waals surface area contributed by atoms with Crippen LogP contribution < -0.4 is 10.2 Å². The molecule has 2 unspecified atom stereocenters. The second-order valence-electron chi connectivity index (χ2n) is 6.90. The van der Waals surface area contributed by atoms with Crippen molar-refractivity contribution in [3.8, 4) is 0 Å². The standard InChI is InChI=1S/C16H23NO.C4H6O5/c1-13-6-8-15(9-7-13)16(18)14(2)12-17-10-4-3-5-11-17;5-2(4(8)9)1-3(6)7/h6-9,14H,3-5,10-12H2,1-2H3;2,5H,1H2,(H,6,7)(H,8,9)/p-2. The predicted molar refractivity (Wildman–Crippen MR) is 95.6 cm³/mol. The molecule has 1 aliphatic rings. The first-order valence-electron chi connectivity index (χ1n) is 9.12. The Hall–Kier alpha value is -2.25. The molecule has 1 aromatic rings. The summed E-state index contributed by atoms with van der Waals surface area (Å²) < 4.78 is 0. The lowest BCUT2D eigenvalue weighted by Crippen LogP contribution is -2.39. The third-order valence-electron chi connectivity index (χ3n) is 4.40. The minimum atomic E-state index is -1.96. The van der Waals surface area contributed by atoms with Crippen molar-refractivity contribution in [3.63, 3.8) is 0 Å². The number of carboxylic acid groups (broad SMARTS) is 2. The van der Waals surface area contributed by atoms with E-state index < -0.39 is 24.5 Å². The van der Waals surface area contributed by atoms with Crippen LogP contribution in [0, 0.1) is 12.8 Å². The molecule has 1 aliphatic heterocycles. The average Bonchev–Trinajstić information content (AvgIpc) is 2.62. The fraction of sp³-hybridized carbons (Fsp3) is 0.550. The summed E-state index contributed by atoms with van der Waals surface area (Å²) in [6.45, 7) is 7.33. The summed E-state index contributed by atoms with van der Waals surface area (Å²) >= 11 is 0. The lowest BCUT2D eigenvalue weighted by molar-refractivity contribution is -0.323. The number of likely N-dealkylation sites (tertiary alicyclic amines) is 1. The Kier molecular flexibility index (Phi) is 9.67. The van der Waals surface area contributed by atoms with Gasteiger partial charge in [0.1, 0.15) is 0 Å². The fourth-order valence-electron chi connectivity index (χ4n) is 2.86. The van der Waals surface area contributed by atoms with Crippen LogP contribution in [0.1, 0.15) is 48.5 Å². The maximum absolute atomic E-state index is 12.3. The number of hydrogen-bond acceptors (Lipinski definition) is 7. The SMILES string of the molecule is Cc1ccc(C(=O)C(C)CN2CCCCC2)cc1.O=C([O-])CC(O)C(=O)[O-]. The Morgan fingerprint density at radius 3 is 2.07 bits per heavy atom. The molecule has 0 spiro atoms. The number of carbonyl (C=O) groups excluding carboxylic acids is 3. The number of nitrogens with zero attached hydrogens (tertiary/aromatic N) is 1. The number of rotatable bonds is 7. The zero-order chi connectivity index (χ0) is 20.4. The highest BCUT2D eigenvalue weighted by Crippen LogP contribution is 2.15. The molecule has 1 saturated heterocycles. The number of Topliss-reactive ketones (excluding diaryl/α,β-unsaturated/α-hetero) is 1. The molecule has 1 fully saturated rings. The lowest BCUT2D eigenvalue weighted by atomic mass is 9.97. The molecular weight excluding hydrogens is 350 g/mol. The topological polar surface area (TPSA) is 121 Å². The van der Waals surface area contributed by atoms with Crippen molar-refractivity contribution in [3.05, 3.63) is 35.4 Å². The quantitative estimate of drug-likeness (QED) is 0.638. The molecule has 0 amide bonds. The number of ketones is 1. The molecule has 1 heterocycles. The number of benzene rings is 1. The van der Waals surface area contributed by atoms with Crippen LogP contribution in [0.25, 0.3) is 0 Å². The molecule has 0 bridgehead atoms. The monoisotopic (exact) mass is 377 g/mol. The first-order valence-corrected chi connectivity index (χ1v) is 9.12. The smallest absolute Gasteiger partial charge is 0.166 e. The van der Waals surface area contributed by atoms with Crippen LogP contribution in [0.4, 0.5) is 0 Å². The summed E-state index contributed by atoms with van der Waals surface area (Å²) in [5, 5.41) is 27.3. The molecular formula is C20H27NO6-2. The molecule has 0 aliphatic carbocycles. The van der Waals surface area contributed by atoms with Crippen LogP contribution in [0.15, 0.2) is 24.3 Å². The number of aryl methyl sites for hydroxylation is 1. The summed E-state index contributed by atoms with van der Waals surface area (Å²) in [5.41, 5.74) is 2.06. The van der Waals surface area contributed by atoms with Crippen LogP contribution in [-0.4, -0.2) is 53.5 Å². The summed E-state index contributed by atoms with van der Waals surface area (Å²) in [6.07, 6.45) is 1.02. The molecule has 150 valence electrons. The number of hydrogen-bond donors (Lipinski definition) is 1. The van der Waals surface area contributed by atoms with Gasteiger partial charge in [-0.25, -0.2) is 0 Å². The van der Waals surface area contributed by atoms with Gasteiger partial charge >= 0.3 is 0 Å². The van der Waals surface area contributed by atoms with Crippen LogP contribution in [-0.2, 0) is 9.59 Å². The van der Waals surface area contributed by atoms with Gasteiger partial charge in [-0.3, -0.25) is 4.79 Å². The van der Waals surface area contributed by atoms with E-state index in [-0.39, 0.29) is 11.7 Å². The third kappa shape index (κ3) is 8.79. The van der Waals surface area contributed by atoms with Crippen LogP contribution >= 0.6 is 0 Å². The van der Waals surface area contributed by atoms with Crippen molar-refractivity contribution in [2.24, 2.45) is 5.92 Å². The first kappa shape index (κ1) is 22.8. The Balaban J connectivity index is 0.000000345. The molecule has 7 nitrogen and oxygen atoms in total.